The number of carbonyl (C=O) groups is 3. The molecule has 0 aromatic carbocycles. The number of amides is 5. The molecule has 0 aliphatic carbocycles. The van der Waals surface area contributed by atoms with Gasteiger partial charge in [-0.3, -0.25) is 19.7 Å². The van der Waals surface area contributed by atoms with Crippen molar-refractivity contribution in [2.45, 2.75) is 57.8 Å². The largest absolute Gasteiger partial charge is 0.337 e. The van der Waals surface area contributed by atoms with E-state index in [1.807, 2.05) is 62.7 Å². The van der Waals surface area contributed by atoms with E-state index in [9.17, 15) is 14.4 Å². The number of nitrogens with zero attached hydrogens (tertiary/aromatic N) is 7. The number of piperidine rings is 1. The van der Waals surface area contributed by atoms with Crippen molar-refractivity contribution in [3.63, 3.8) is 0 Å². The average molecular weight is 620 g/mol. The molecule has 12 heteroatoms. The molecule has 1 aromatic heterocycles. The number of hydrogen-bond donors (Lipinski definition) is 2. The molecule has 0 spiro atoms. The summed E-state index contributed by atoms with van der Waals surface area (Å²) >= 11 is 0. The van der Waals surface area contributed by atoms with Crippen LogP contribution in [-0.4, -0.2) is 124 Å². The molecule has 12 nitrogen and oxygen atoms in total. The van der Waals surface area contributed by atoms with Crippen LogP contribution in [0.2, 0.25) is 0 Å². The van der Waals surface area contributed by atoms with Gasteiger partial charge in [0.15, 0.2) is 5.82 Å². The first kappa shape index (κ1) is 33.8. The lowest BCUT2D eigenvalue weighted by Crippen LogP contribution is -2.54. The van der Waals surface area contributed by atoms with E-state index in [0.717, 1.165) is 42.8 Å². The number of urea groups is 2. The summed E-state index contributed by atoms with van der Waals surface area (Å²) in [5, 5.41) is 10.9. The highest BCUT2D eigenvalue weighted by Crippen LogP contribution is 2.42. The summed E-state index contributed by atoms with van der Waals surface area (Å²) in [4.78, 5) is 49.0. The Morgan fingerprint density at radius 3 is 2.38 bits per heavy atom. The number of piperazine rings is 1. The van der Waals surface area contributed by atoms with Crippen LogP contribution in [0, 0.1) is 12.3 Å². The normalized spacial score (nSPS) is 19.9. The number of carbonyl (C=O) groups excluding carboxylic acids is 3. The Labute approximate surface area is 267 Å². The number of aryl methyl sites for hydroxylation is 1. The van der Waals surface area contributed by atoms with Crippen molar-refractivity contribution in [1.82, 2.24) is 39.6 Å². The first-order chi connectivity index (χ1) is 21.4. The van der Waals surface area contributed by atoms with Crippen molar-refractivity contribution in [3.05, 3.63) is 47.7 Å². The molecule has 0 radical (unpaired) electrons. The number of nitrogens with one attached hydrogen (secondary N) is 2. The van der Waals surface area contributed by atoms with Gasteiger partial charge in [0.1, 0.15) is 0 Å². The molecule has 0 bridgehead atoms. The molecule has 0 saturated carbocycles. The van der Waals surface area contributed by atoms with E-state index in [0.29, 0.717) is 51.1 Å². The third-order valence-corrected chi connectivity index (χ3v) is 9.20. The molecule has 4 heterocycles. The SMILES string of the molecule is C#C/C=C\C=C(/C)[C@@H](CN(C)C)NC(=O)N1Cc2c(NC(=O)N3CCC(N4CCN(C(=O)C=C)CC4)CC3)nn(C)c2C1(C)C. The quantitative estimate of drug-likeness (QED) is 0.263. The second-order valence-corrected chi connectivity index (χ2v) is 12.9. The second kappa shape index (κ2) is 14.3. The first-order valence-corrected chi connectivity index (χ1v) is 15.7. The zero-order chi connectivity index (χ0) is 32.9. The molecule has 3 aliphatic heterocycles. The molecular weight excluding hydrogens is 570 g/mol. The van der Waals surface area contributed by atoms with Crippen LogP contribution < -0.4 is 10.6 Å². The van der Waals surface area contributed by atoms with Gasteiger partial charge in [-0.2, -0.15) is 5.10 Å². The molecule has 5 amide bonds. The first-order valence-electron chi connectivity index (χ1n) is 15.7. The molecule has 2 N–H and O–H groups in total. The van der Waals surface area contributed by atoms with Crippen molar-refractivity contribution >= 4 is 23.8 Å². The summed E-state index contributed by atoms with van der Waals surface area (Å²) in [6.45, 7) is 14.9. The zero-order valence-corrected chi connectivity index (χ0v) is 27.7. The van der Waals surface area contributed by atoms with Crippen molar-refractivity contribution in [1.29, 1.82) is 0 Å². The minimum Gasteiger partial charge on any atom is -0.337 e. The zero-order valence-electron chi connectivity index (χ0n) is 27.7. The van der Waals surface area contributed by atoms with Crippen LogP contribution in [0.5, 0.6) is 0 Å². The van der Waals surface area contributed by atoms with E-state index in [2.05, 4.69) is 33.1 Å². The molecular formula is C33H49N9O3. The Kier molecular flexibility index (Phi) is 10.8. The number of fused-ring (bicyclic) bond motifs is 1. The topological polar surface area (TPSA) is 109 Å². The van der Waals surface area contributed by atoms with Crippen LogP contribution >= 0.6 is 0 Å². The lowest BCUT2D eigenvalue weighted by atomic mass is 10.0. The van der Waals surface area contributed by atoms with E-state index in [-0.39, 0.29) is 24.0 Å². The monoisotopic (exact) mass is 619 g/mol. The van der Waals surface area contributed by atoms with Gasteiger partial charge in [0, 0.05) is 64.5 Å². The number of hydrogen-bond acceptors (Lipinski definition) is 6. The van der Waals surface area contributed by atoms with Crippen molar-refractivity contribution in [3.8, 4) is 12.3 Å². The lowest BCUT2D eigenvalue weighted by Gasteiger charge is -2.42. The van der Waals surface area contributed by atoms with Crippen molar-refractivity contribution in [2.24, 2.45) is 7.05 Å². The number of anilines is 1. The molecule has 0 unspecified atom stereocenters. The van der Waals surface area contributed by atoms with E-state index in [1.54, 1.807) is 21.7 Å². The summed E-state index contributed by atoms with van der Waals surface area (Å²) < 4.78 is 1.77. The van der Waals surface area contributed by atoms with E-state index in [4.69, 9.17) is 6.42 Å². The van der Waals surface area contributed by atoms with Crippen LogP contribution in [0.1, 0.15) is 44.9 Å². The molecule has 2 fully saturated rings. The maximum atomic E-state index is 13.7. The summed E-state index contributed by atoms with van der Waals surface area (Å²) in [5.74, 6) is 2.96. The highest BCUT2D eigenvalue weighted by molar-refractivity contribution is 5.90. The third kappa shape index (κ3) is 7.60. The molecule has 244 valence electrons. The van der Waals surface area contributed by atoms with Gasteiger partial charge in [0.05, 0.1) is 23.8 Å². The smallest absolute Gasteiger partial charge is 0.323 e. The maximum Gasteiger partial charge on any atom is 0.323 e. The van der Waals surface area contributed by atoms with Gasteiger partial charge in [-0.05, 0) is 65.4 Å². The number of allylic oxidation sites excluding steroid dienone is 3. The van der Waals surface area contributed by atoms with Gasteiger partial charge in [-0.1, -0.05) is 24.7 Å². The molecule has 4 rings (SSSR count). The van der Waals surface area contributed by atoms with Gasteiger partial charge in [-0.15, -0.1) is 6.42 Å². The number of likely N-dealkylation sites (N-methyl/N-ethyl adjacent to an activating group) is 1. The van der Waals surface area contributed by atoms with E-state index < -0.39 is 5.54 Å². The minimum absolute atomic E-state index is 0.0141. The van der Waals surface area contributed by atoms with Crippen LogP contribution in [-0.2, 0) is 23.9 Å². The van der Waals surface area contributed by atoms with Crippen LogP contribution in [0.4, 0.5) is 15.4 Å². The Morgan fingerprint density at radius 2 is 1.78 bits per heavy atom. The van der Waals surface area contributed by atoms with E-state index >= 15 is 0 Å². The van der Waals surface area contributed by atoms with Crippen LogP contribution in [0.25, 0.3) is 0 Å². The number of aromatic nitrogens is 2. The summed E-state index contributed by atoms with van der Waals surface area (Å²) in [5.41, 5.74) is 2.09. The van der Waals surface area contributed by atoms with Crippen LogP contribution in [0.15, 0.2) is 36.5 Å². The number of rotatable bonds is 8. The molecule has 1 aromatic rings. The standard InChI is InChI=1S/C33H49N9O3/c1-9-11-12-13-24(3)27(23-37(6)7)34-32(45)42-22-26-29(33(42,4)5)38(8)36-30(26)35-31(44)41-16-14-25(15-17-41)39-18-20-40(21-19-39)28(43)10-2/h1,10-13,25,27H,2,14-23H2,3-8H3,(H,34,45)(H,35,36,44)/b12-11-,24-13+/t27-/m1/s1. The van der Waals surface area contributed by atoms with Gasteiger partial charge < -0.3 is 24.9 Å². The van der Waals surface area contributed by atoms with Crippen molar-refractivity contribution in [2.75, 3.05) is 65.2 Å². The number of terminal acetylenes is 1. The average Bonchev–Trinajstić information content (AvgIpc) is 3.49. The maximum absolute atomic E-state index is 13.7. The van der Waals surface area contributed by atoms with E-state index in [1.165, 1.54) is 6.08 Å². The fourth-order valence-corrected chi connectivity index (χ4v) is 6.71. The molecule has 45 heavy (non-hydrogen) atoms. The van der Waals surface area contributed by atoms with Crippen molar-refractivity contribution < 1.29 is 14.4 Å². The lowest BCUT2D eigenvalue weighted by molar-refractivity contribution is -0.128. The Morgan fingerprint density at radius 1 is 1.11 bits per heavy atom. The Bertz CT molecular complexity index is 1370. The predicted molar refractivity (Wildman–Crippen MR) is 176 cm³/mol. The molecule has 3 aliphatic rings. The number of likely N-dealkylation sites (tertiary alicyclic amines) is 1. The third-order valence-electron chi connectivity index (χ3n) is 9.20. The summed E-state index contributed by atoms with van der Waals surface area (Å²) in [7, 11) is 5.79. The predicted octanol–water partition coefficient (Wildman–Crippen LogP) is 2.57. The fourth-order valence-electron chi connectivity index (χ4n) is 6.71. The minimum atomic E-state index is -0.646. The van der Waals surface area contributed by atoms with Gasteiger partial charge in [-0.25, -0.2) is 9.59 Å². The van der Waals surface area contributed by atoms with Gasteiger partial charge in [0.2, 0.25) is 5.91 Å². The van der Waals surface area contributed by atoms with Gasteiger partial charge in [0.25, 0.3) is 0 Å². The second-order valence-electron chi connectivity index (χ2n) is 12.9. The van der Waals surface area contributed by atoms with Crippen LogP contribution in [0.3, 0.4) is 0 Å². The fraction of sp³-hybridized carbons (Fsp3) is 0.576. The Hall–Kier alpha value is -4.08. The summed E-state index contributed by atoms with van der Waals surface area (Å²) in [6, 6.07) is -0.188. The molecule has 2 saturated heterocycles. The highest BCUT2D eigenvalue weighted by Gasteiger charge is 2.45. The molecule has 1 atom stereocenters. The summed E-state index contributed by atoms with van der Waals surface area (Å²) in [6.07, 6.45) is 13.8. The Balaban J connectivity index is 1.38. The van der Waals surface area contributed by atoms with Gasteiger partial charge >= 0.3 is 12.1 Å². The highest BCUT2D eigenvalue weighted by atomic mass is 16.2.